The molecule has 2 aromatic carbocycles. The van der Waals surface area contributed by atoms with Crippen LogP contribution in [0.1, 0.15) is 43.2 Å². The summed E-state index contributed by atoms with van der Waals surface area (Å²) in [5.41, 5.74) is 1.75. The predicted octanol–water partition coefficient (Wildman–Crippen LogP) is 6.19. The summed E-state index contributed by atoms with van der Waals surface area (Å²) in [5, 5.41) is 2.91. The minimum Gasteiger partial charge on any atom is -0.354 e. The fraction of sp³-hybridized carbons (Fsp3) is 0.308. The van der Waals surface area contributed by atoms with Crippen molar-refractivity contribution in [2.24, 2.45) is 0 Å². The smallest absolute Gasteiger partial charge is 0.354 e. The number of halogens is 3. The number of anilines is 1. The van der Waals surface area contributed by atoms with Gasteiger partial charge in [0.05, 0.1) is 16.2 Å². The number of alkyl halides is 3. The van der Waals surface area contributed by atoms with E-state index in [9.17, 15) is 22.8 Å². The van der Waals surface area contributed by atoms with E-state index in [1.54, 1.807) is 18.2 Å². The Balaban J connectivity index is 1.48. The second-order valence-corrected chi connectivity index (χ2v) is 9.38. The van der Waals surface area contributed by atoms with Gasteiger partial charge in [0.2, 0.25) is 5.91 Å². The topological polar surface area (TPSA) is 49.4 Å². The van der Waals surface area contributed by atoms with Crippen LogP contribution in [0.25, 0.3) is 6.08 Å². The molecule has 178 valence electrons. The molecule has 4 rings (SSSR count). The molecule has 34 heavy (non-hydrogen) atoms. The van der Waals surface area contributed by atoms with Crippen molar-refractivity contribution in [2.75, 3.05) is 18.0 Å². The molecule has 0 atom stereocenters. The second kappa shape index (κ2) is 10.5. The number of fused-ring (bicyclic) bond motifs is 1. The Labute approximate surface area is 200 Å². The maximum absolute atomic E-state index is 13.2. The first kappa shape index (κ1) is 24.1. The van der Waals surface area contributed by atoms with Crippen LogP contribution in [0.2, 0.25) is 0 Å². The minimum absolute atomic E-state index is 0.125. The van der Waals surface area contributed by atoms with Gasteiger partial charge < -0.3 is 5.32 Å². The van der Waals surface area contributed by atoms with Crippen molar-refractivity contribution >= 4 is 35.3 Å². The average molecular weight is 487 g/mol. The van der Waals surface area contributed by atoms with Gasteiger partial charge >= 0.3 is 6.18 Å². The summed E-state index contributed by atoms with van der Waals surface area (Å²) >= 11 is 1.25. The van der Waals surface area contributed by atoms with Gasteiger partial charge in [0.1, 0.15) is 6.54 Å². The van der Waals surface area contributed by atoms with Crippen LogP contribution in [0.4, 0.5) is 18.9 Å². The summed E-state index contributed by atoms with van der Waals surface area (Å²) < 4.78 is 38.6. The Hall–Kier alpha value is -3.00. The fourth-order valence-electron chi connectivity index (χ4n) is 4.03. The average Bonchev–Trinajstić information content (AvgIpc) is 2.82. The normalized spacial score (nSPS) is 17.4. The lowest BCUT2D eigenvalue weighted by Crippen LogP contribution is -2.43. The third kappa shape index (κ3) is 5.91. The minimum atomic E-state index is -4.42. The van der Waals surface area contributed by atoms with Crippen molar-refractivity contribution in [2.45, 2.75) is 43.2 Å². The van der Waals surface area contributed by atoms with Gasteiger partial charge in [-0.15, -0.1) is 0 Å². The highest BCUT2D eigenvalue weighted by Gasteiger charge is 2.31. The van der Waals surface area contributed by atoms with Crippen LogP contribution in [0, 0.1) is 0 Å². The molecular formula is C26H25F3N2O2S. The molecule has 2 aliphatic rings. The lowest BCUT2D eigenvalue weighted by molar-refractivity contribution is -0.137. The number of benzene rings is 2. The quantitative estimate of drug-likeness (QED) is 0.391. The zero-order chi connectivity index (χ0) is 24.1. The van der Waals surface area contributed by atoms with Crippen LogP contribution in [-0.4, -0.2) is 24.9 Å². The number of nitrogens with one attached hydrogen (secondary N) is 1. The van der Waals surface area contributed by atoms with Crippen molar-refractivity contribution < 1.29 is 22.8 Å². The molecule has 2 aromatic rings. The Bertz CT molecular complexity index is 1120. The summed E-state index contributed by atoms with van der Waals surface area (Å²) in [6, 6.07) is 11.9. The van der Waals surface area contributed by atoms with Gasteiger partial charge in [-0.3, -0.25) is 14.5 Å². The van der Waals surface area contributed by atoms with Crippen molar-refractivity contribution in [1.82, 2.24) is 5.32 Å². The predicted molar refractivity (Wildman–Crippen MR) is 128 cm³/mol. The number of carbonyl (C=O) groups is 2. The van der Waals surface area contributed by atoms with Crippen LogP contribution in [0.15, 0.2) is 70.0 Å². The number of thioether (sulfide) groups is 1. The molecular weight excluding hydrogens is 461 g/mol. The Kier molecular flexibility index (Phi) is 7.46. The summed E-state index contributed by atoms with van der Waals surface area (Å²) in [4.78, 5) is 28.5. The van der Waals surface area contributed by atoms with Gasteiger partial charge in [-0.25, -0.2) is 0 Å². The SMILES string of the molecule is O=C(CN1C(=O)/C(=C\c2ccc(C(F)(F)F)cc2)Sc2ccccc21)NCCC1=CCCCC1. The molecule has 1 N–H and O–H groups in total. The number of allylic oxidation sites excluding steroid dienone is 1. The maximum atomic E-state index is 13.2. The number of hydrogen-bond acceptors (Lipinski definition) is 3. The first-order valence-corrected chi connectivity index (χ1v) is 12.1. The van der Waals surface area contributed by atoms with E-state index in [4.69, 9.17) is 0 Å². The van der Waals surface area contributed by atoms with Gasteiger partial charge in [-0.05, 0) is 68.0 Å². The van der Waals surface area contributed by atoms with Gasteiger partial charge in [0, 0.05) is 11.4 Å². The summed E-state index contributed by atoms with van der Waals surface area (Å²) in [7, 11) is 0. The van der Waals surface area contributed by atoms with Crippen molar-refractivity contribution in [3.05, 3.63) is 76.2 Å². The standard InChI is InChI=1S/C26H25F3N2O2S/c27-26(28,29)20-12-10-19(11-13-20)16-23-25(33)31(21-8-4-5-9-22(21)34-23)17-24(32)30-15-14-18-6-2-1-3-7-18/h4-6,8-13,16H,1-3,7,14-15,17H2,(H,30,32)/b23-16+. The molecule has 0 saturated heterocycles. The number of amides is 2. The second-order valence-electron chi connectivity index (χ2n) is 8.30. The van der Waals surface area contributed by atoms with E-state index in [1.807, 2.05) is 12.1 Å². The molecule has 8 heteroatoms. The van der Waals surface area contributed by atoms with Crippen LogP contribution < -0.4 is 10.2 Å². The van der Waals surface area contributed by atoms with E-state index >= 15 is 0 Å². The van der Waals surface area contributed by atoms with Gasteiger partial charge in [-0.1, -0.05) is 47.7 Å². The third-order valence-corrected chi connectivity index (χ3v) is 6.90. The van der Waals surface area contributed by atoms with Crippen molar-refractivity contribution in [3.63, 3.8) is 0 Å². The van der Waals surface area contributed by atoms with E-state index < -0.39 is 11.7 Å². The number of rotatable bonds is 6. The molecule has 0 saturated carbocycles. The van der Waals surface area contributed by atoms with Crippen LogP contribution in [0.3, 0.4) is 0 Å². The van der Waals surface area contributed by atoms with Gasteiger partial charge in [-0.2, -0.15) is 13.2 Å². The van der Waals surface area contributed by atoms with Crippen molar-refractivity contribution in [1.29, 1.82) is 0 Å². The largest absolute Gasteiger partial charge is 0.416 e. The fourth-order valence-corrected chi connectivity index (χ4v) is 5.09. The lowest BCUT2D eigenvalue weighted by atomic mass is 9.97. The Morgan fingerprint density at radius 2 is 1.85 bits per heavy atom. The zero-order valence-electron chi connectivity index (χ0n) is 18.5. The van der Waals surface area contributed by atoms with E-state index in [1.165, 1.54) is 47.2 Å². The lowest BCUT2D eigenvalue weighted by Gasteiger charge is -2.30. The van der Waals surface area contributed by atoms with E-state index in [-0.39, 0.29) is 18.4 Å². The first-order valence-electron chi connectivity index (χ1n) is 11.2. The summed E-state index contributed by atoms with van der Waals surface area (Å²) in [6.45, 7) is 0.400. The molecule has 2 amide bonds. The molecule has 1 heterocycles. The van der Waals surface area contributed by atoms with E-state index in [2.05, 4.69) is 11.4 Å². The highest BCUT2D eigenvalue weighted by Crippen LogP contribution is 2.42. The van der Waals surface area contributed by atoms with Gasteiger partial charge in [0.15, 0.2) is 0 Å². The molecule has 0 aromatic heterocycles. The molecule has 4 nitrogen and oxygen atoms in total. The monoisotopic (exact) mass is 486 g/mol. The van der Waals surface area contributed by atoms with E-state index in [0.717, 1.165) is 36.3 Å². The van der Waals surface area contributed by atoms with Crippen LogP contribution in [0.5, 0.6) is 0 Å². The van der Waals surface area contributed by atoms with Crippen molar-refractivity contribution in [3.8, 4) is 0 Å². The molecule has 1 aliphatic carbocycles. The highest BCUT2D eigenvalue weighted by atomic mass is 32.2. The van der Waals surface area contributed by atoms with E-state index in [0.29, 0.717) is 22.7 Å². The maximum Gasteiger partial charge on any atom is 0.416 e. The molecule has 0 unspecified atom stereocenters. The Morgan fingerprint density at radius 1 is 1.09 bits per heavy atom. The third-order valence-electron chi connectivity index (χ3n) is 5.82. The highest BCUT2D eigenvalue weighted by molar-refractivity contribution is 8.04. The molecule has 0 radical (unpaired) electrons. The number of carbonyl (C=O) groups excluding carboxylic acids is 2. The number of nitrogens with zero attached hydrogens (tertiary/aromatic N) is 1. The molecule has 1 aliphatic heterocycles. The summed E-state index contributed by atoms with van der Waals surface area (Å²) in [5.74, 6) is -0.603. The first-order chi connectivity index (χ1) is 16.3. The zero-order valence-corrected chi connectivity index (χ0v) is 19.3. The molecule has 0 fully saturated rings. The number of para-hydroxylation sites is 1. The van der Waals surface area contributed by atoms with Gasteiger partial charge in [0.25, 0.3) is 5.91 Å². The molecule has 0 bridgehead atoms. The number of hydrogen-bond donors (Lipinski definition) is 1. The van der Waals surface area contributed by atoms with Crippen LogP contribution in [-0.2, 0) is 15.8 Å². The molecule has 0 spiro atoms. The Morgan fingerprint density at radius 3 is 2.56 bits per heavy atom. The summed E-state index contributed by atoms with van der Waals surface area (Å²) in [6.07, 6.45) is 4.76. The van der Waals surface area contributed by atoms with Crippen LogP contribution >= 0.6 is 11.8 Å².